The van der Waals surface area contributed by atoms with Gasteiger partial charge >= 0.3 is 0 Å². The van der Waals surface area contributed by atoms with Gasteiger partial charge in [0, 0.05) is 45.2 Å². The van der Waals surface area contributed by atoms with Gasteiger partial charge in [0.15, 0.2) is 0 Å². The highest BCUT2D eigenvalue weighted by Crippen LogP contribution is 2.52. The van der Waals surface area contributed by atoms with Crippen LogP contribution in [-0.2, 0) is 0 Å². The van der Waals surface area contributed by atoms with Crippen molar-refractivity contribution in [1.82, 2.24) is 4.57 Å². The molecule has 2 nitrogen and oxygen atoms in total. The van der Waals surface area contributed by atoms with Gasteiger partial charge in [0.2, 0.25) is 0 Å². The number of aryl methyl sites for hydroxylation is 1. The van der Waals surface area contributed by atoms with Crippen LogP contribution in [0.4, 0.5) is 11.4 Å². The Morgan fingerprint density at radius 1 is 0.510 bits per heavy atom. The molecule has 1 aromatic heterocycles. The van der Waals surface area contributed by atoms with Crippen LogP contribution in [-0.4, -0.2) is 10.6 Å². The molecular formula is C47H34N2. The lowest BCUT2D eigenvalue weighted by atomic mass is 9.88. The zero-order chi connectivity index (χ0) is 32.5. The molecule has 2 heteroatoms. The summed E-state index contributed by atoms with van der Waals surface area (Å²) in [5.74, 6) is 0.118. The van der Waals surface area contributed by atoms with E-state index >= 15 is 0 Å². The predicted molar refractivity (Wildman–Crippen MR) is 207 cm³/mol. The molecule has 0 spiro atoms. The third-order valence-electron chi connectivity index (χ3n) is 10.5. The lowest BCUT2D eigenvalue weighted by Gasteiger charge is -2.36. The second-order valence-corrected chi connectivity index (χ2v) is 13.4. The molecule has 49 heavy (non-hydrogen) atoms. The van der Waals surface area contributed by atoms with Crippen LogP contribution in [0.25, 0.3) is 60.4 Å². The van der Waals surface area contributed by atoms with E-state index in [1.165, 1.54) is 83.0 Å². The number of benzene rings is 7. The van der Waals surface area contributed by atoms with Crippen molar-refractivity contribution in [2.45, 2.75) is 18.9 Å². The molecule has 0 N–H and O–H groups in total. The summed E-state index contributed by atoms with van der Waals surface area (Å²) in [6.45, 7) is 2.19. The lowest BCUT2D eigenvalue weighted by Crippen LogP contribution is -2.35. The van der Waals surface area contributed by atoms with Crippen molar-refractivity contribution in [3.63, 3.8) is 0 Å². The maximum absolute atomic E-state index is 2.59. The molecule has 1 aliphatic heterocycles. The molecule has 0 saturated heterocycles. The molecular weight excluding hydrogens is 593 g/mol. The summed E-state index contributed by atoms with van der Waals surface area (Å²) >= 11 is 0. The Balaban J connectivity index is 1.23. The van der Waals surface area contributed by atoms with Gasteiger partial charge in [-0.2, -0.15) is 0 Å². The number of hydrogen-bond acceptors (Lipinski definition) is 1. The molecule has 1 aliphatic carbocycles. The van der Waals surface area contributed by atoms with Crippen molar-refractivity contribution in [2.24, 2.45) is 0 Å². The Hall–Kier alpha value is -6.12. The van der Waals surface area contributed by atoms with E-state index in [2.05, 4.69) is 192 Å². The first-order valence-corrected chi connectivity index (χ1v) is 17.2. The van der Waals surface area contributed by atoms with Crippen molar-refractivity contribution in [3.8, 4) is 27.9 Å². The monoisotopic (exact) mass is 626 g/mol. The molecule has 10 rings (SSSR count). The molecule has 232 valence electrons. The molecule has 0 saturated carbocycles. The Labute approximate surface area is 286 Å². The molecule has 7 aromatic carbocycles. The smallest absolute Gasteiger partial charge is 0.0643 e. The van der Waals surface area contributed by atoms with Crippen molar-refractivity contribution in [2.75, 3.05) is 4.90 Å². The van der Waals surface area contributed by atoms with E-state index < -0.39 is 0 Å². The van der Waals surface area contributed by atoms with Crippen LogP contribution in [0.1, 0.15) is 17.2 Å². The van der Waals surface area contributed by atoms with Gasteiger partial charge in [-0.05, 0) is 82.1 Å². The highest BCUT2D eigenvalue weighted by Gasteiger charge is 2.38. The number of hydrogen-bond donors (Lipinski definition) is 0. The Kier molecular flexibility index (Phi) is 6.25. The first-order valence-electron chi connectivity index (χ1n) is 17.2. The minimum atomic E-state index is 0.0741. The van der Waals surface area contributed by atoms with Crippen molar-refractivity contribution in [3.05, 3.63) is 187 Å². The van der Waals surface area contributed by atoms with E-state index in [0.29, 0.717) is 0 Å². The van der Waals surface area contributed by atoms with E-state index in [-0.39, 0.29) is 12.0 Å². The number of para-hydroxylation sites is 3. The third kappa shape index (κ3) is 4.27. The van der Waals surface area contributed by atoms with Crippen LogP contribution < -0.4 is 4.90 Å². The molecule has 2 aliphatic rings. The zero-order valence-electron chi connectivity index (χ0n) is 27.3. The van der Waals surface area contributed by atoms with E-state index in [1.54, 1.807) is 0 Å². The zero-order valence-corrected chi connectivity index (χ0v) is 27.3. The molecule has 0 amide bonds. The number of rotatable bonds is 3. The van der Waals surface area contributed by atoms with Crippen LogP contribution in [0, 0.1) is 6.92 Å². The maximum Gasteiger partial charge on any atom is 0.0643 e. The molecule has 0 radical (unpaired) electrons. The SMILES string of the molecule is Cc1ccc2c(c1)c(-c1cccc(N3c4ccccc4-c4c(n(-c5ccccc5)c5ccccc45)C4C=CC=CC43)c1)cc1ccccc12. The van der Waals surface area contributed by atoms with Gasteiger partial charge in [-0.25, -0.2) is 0 Å². The number of fused-ring (bicyclic) bond motifs is 10. The van der Waals surface area contributed by atoms with Gasteiger partial charge in [0.1, 0.15) is 0 Å². The largest absolute Gasteiger partial charge is 0.333 e. The van der Waals surface area contributed by atoms with Crippen molar-refractivity contribution >= 4 is 43.8 Å². The highest BCUT2D eigenvalue weighted by molar-refractivity contribution is 6.14. The third-order valence-corrected chi connectivity index (χ3v) is 10.5. The second kappa shape index (κ2) is 11.0. The van der Waals surface area contributed by atoms with Gasteiger partial charge in [0.25, 0.3) is 0 Å². The van der Waals surface area contributed by atoms with Gasteiger partial charge in [-0.15, -0.1) is 0 Å². The van der Waals surface area contributed by atoms with E-state index in [1.807, 2.05) is 0 Å². The molecule has 2 atom stereocenters. The predicted octanol–water partition coefficient (Wildman–Crippen LogP) is 12.3. The number of allylic oxidation sites excluding steroid dienone is 2. The lowest BCUT2D eigenvalue weighted by molar-refractivity contribution is 0.672. The topological polar surface area (TPSA) is 8.17 Å². The van der Waals surface area contributed by atoms with Crippen LogP contribution >= 0.6 is 0 Å². The van der Waals surface area contributed by atoms with Gasteiger partial charge in [0.05, 0.1) is 11.6 Å². The van der Waals surface area contributed by atoms with E-state index in [0.717, 1.165) is 0 Å². The summed E-state index contributed by atoms with van der Waals surface area (Å²) in [6.07, 6.45) is 9.25. The average Bonchev–Trinajstić information content (AvgIpc) is 3.44. The Bertz CT molecular complexity index is 2640. The average molecular weight is 627 g/mol. The summed E-state index contributed by atoms with van der Waals surface area (Å²) in [7, 11) is 0. The molecule has 2 unspecified atom stereocenters. The number of aromatic nitrogens is 1. The van der Waals surface area contributed by atoms with Crippen LogP contribution in [0.15, 0.2) is 176 Å². The minimum absolute atomic E-state index is 0.0741. The van der Waals surface area contributed by atoms with Crippen molar-refractivity contribution < 1.29 is 0 Å². The van der Waals surface area contributed by atoms with E-state index in [9.17, 15) is 0 Å². The first kappa shape index (κ1) is 27.9. The molecule has 0 fully saturated rings. The van der Waals surface area contributed by atoms with Gasteiger partial charge < -0.3 is 9.47 Å². The molecule has 0 bridgehead atoms. The van der Waals surface area contributed by atoms with Gasteiger partial charge in [-0.3, -0.25) is 0 Å². The van der Waals surface area contributed by atoms with Crippen LogP contribution in [0.2, 0.25) is 0 Å². The summed E-state index contributed by atoms with van der Waals surface area (Å²) in [6, 6.07) is 56.1. The summed E-state index contributed by atoms with van der Waals surface area (Å²) in [5.41, 5.74) is 12.5. The maximum atomic E-state index is 2.59. The fraction of sp³-hybridized carbons (Fsp3) is 0.0638. The number of anilines is 2. The first-order chi connectivity index (χ1) is 24.2. The molecule has 8 aromatic rings. The molecule has 2 heterocycles. The summed E-state index contributed by atoms with van der Waals surface area (Å²) in [4.78, 5) is 2.59. The fourth-order valence-corrected chi connectivity index (χ4v) is 8.45. The fourth-order valence-electron chi connectivity index (χ4n) is 8.45. The van der Waals surface area contributed by atoms with Crippen LogP contribution in [0.5, 0.6) is 0 Å². The Morgan fingerprint density at radius 3 is 2.18 bits per heavy atom. The normalized spacial score (nSPS) is 16.5. The Morgan fingerprint density at radius 2 is 1.27 bits per heavy atom. The van der Waals surface area contributed by atoms with Crippen molar-refractivity contribution in [1.29, 1.82) is 0 Å². The summed E-state index contributed by atoms with van der Waals surface area (Å²) < 4.78 is 2.51. The quantitative estimate of drug-likeness (QED) is 0.177. The summed E-state index contributed by atoms with van der Waals surface area (Å²) in [5, 5.41) is 6.43. The minimum Gasteiger partial charge on any atom is -0.333 e. The van der Waals surface area contributed by atoms with Crippen LogP contribution in [0.3, 0.4) is 0 Å². The standard InChI is InChI=1S/C47H34N2/c1-31-26-27-37-36-19-6-5-14-33(36)30-41(42(37)28-31)32-15-13-18-35(29-32)48-43-23-10-7-20-38(43)46-39-21-8-11-24-44(39)49(34-16-3-2-4-17-34)47(46)40-22-9-12-25-45(40)48/h2-30,40,45H,1H3. The highest BCUT2D eigenvalue weighted by atomic mass is 15.2. The van der Waals surface area contributed by atoms with Gasteiger partial charge in [-0.1, -0.05) is 139 Å². The number of nitrogens with zero attached hydrogens (tertiary/aromatic N) is 2. The van der Waals surface area contributed by atoms with E-state index in [4.69, 9.17) is 0 Å². The second-order valence-electron chi connectivity index (χ2n) is 13.4.